The molecule has 0 unspecified atom stereocenters. The molecule has 0 fully saturated rings. The molecule has 64 valence electrons. The summed E-state index contributed by atoms with van der Waals surface area (Å²) in [6.45, 7) is 1.91. The Morgan fingerprint density at radius 2 is 1.92 bits per heavy atom. The van der Waals surface area contributed by atoms with Gasteiger partial charge in [-0.25, -0.2) is 5.01 Å². The number of nitrogens with two attached hydrogens (primary N) is 1. The van der Waals surface area contributed by atoms with Gasteiger partial charge < -0.3 is 0 Å². The van der Waals surface area contributed by atoms with Gasteiger partial charge in [0.1, 0.15) is 0 Å². The SMILES string of the molecule is NN1CCCc2ccccc2C1. The molecule has 2 heteroatoms. The summed E-state index contributed by atoms with van der Waals surface area (Å²) in [6, 6.07) is 8.55. The van der Waals surface area contributed by atoms with Crippen molar-refractivity contribution in [1.82, 2.24) is 5.01 Å². The van der Waals surface area contributed by atoms with E-state index in [2.05, 4.69) is 24.3 Å². The van der Waals surface area contributed by atoms with Crippen molar-refractivity contribution in [2.24, 2.45) is 5.84 Å². The fourth-order valence-corrected chi connectivity index (χ4v) is 1.73. The largest absolute Gasteiger partial charge is 0.268 e. The van der Waals surface area contributed by atoms with Gasteiger partial charge in [-0.05, 0) is 24.0 Å². The van der Waals surface area contributed by atoms with Crippen LogP contribution in [-0.2, 0) is 13.0 Å². The van der Waals surface area contributed by atoms with E-state index in [1.807, 2.05) is 5.01 Å². The molecule has 1 aromatic rings. The van der Waals surface area contributed by atoms with Crippen molar-refractivity contribution in [3.63, 3.8) is 0 Å². The van der Waals surface area contributed by atoms with Gasteiger partial charge in [0.15, 0.2) is 0 Å². The highest BCUT2D eigenvalue weighted by atomic mass is 15.4. The fourth-order valence-electron chi connectivity index (χ4n) is 1.73. The van der Waals surface area contributed by atoms with Crippen molar-refractivity contribution >= 4 is 0 Å². The Morgan fingerprint density at radius 1 is 1.17 bits per heavy atom. The van der Waals surface area contributed by atoms with Crippen LogP contribution in [0.1, 0.15) is 17.5 Å². The van der Waals surface area contributed by atoms with E-state index >= 15 is 0 Å². The summed E-state index contributed by atoms with van der Waals surface area (Å²) >= 11 is 0. The molecule has 1 aliphatic heterocycles. The molecule has 2 nitrogen and oxygen atoms in total. The number of rotatable bonds is 0. The first-order valence-corrected chi connectivity index (χ1v) is 4.43. The minimum Gasteiger partial charge on any atom is -0.268 e. The van der Waals surface area contributed by atoms with Crippen LogP contribution >= 0.6 is 0 Å². The lowest BCUT2D eigenvalue weighted by molar-refractivity contribution is 0.279. The van der Waals surface area contributed by atoms with Crippen LogP contribution in [0.3, 0.4) is 0 Å². The number of hydrogen-bond donors (Lipinski definition) is 1. The minimum absolute atomic E-state index is 0.899. The summed E-state index contributed by atoms with van der Waals surface area (Å²) < 4.78 is 0. The molecule has 1 aliphatic rings. The van der Waals surface area contributed by atoms with Crippen LogP contribution in [0.4, 0.5) is 0 Å². The maximum Gasteiger partial charge on any atom is 0.0382 e. The predicted octanol–water partition coefficient (Wildman–Crippen LogP) is 1.31. The zero-order valence-corrected chi connectivity index (χ0v) is 7.16. The maximum atomic E-state index is 5.78. The first-order valence-electron chi connectivity index (χ1n) is 4.43. The molecule has 2 rings (SSSR count). The third kappa shape index (κ3) is 1.49. The highest BCUT2D eigenvalue weighted by molar-refractivity contribution is 5.27. The van der Waals surface area contributed by atoms with Gasteiger partial charge in [0.05, 0.1) is 0 Å². The Labute approximate surface area is 73.0 Å². The zero-order valence-electron chi connectivity index (χ0n) is 7.16. The van der Waals surface area contributed by atoms with Gasteiger partial charge in [0, 0.05) is 13.1 Å². The Bertz CT molecular complexity index is 270. The maximum absolute atomic E-state index is 5.78. The van der Waals surface area contributed by atoms with Crippen molar-refractivity contribution in [2.45, 2.75) is 19.4 Å². The molecule has 0 saturated carbocycles. The number of hydrogen-bond acceptors (Lipinski definition) is 2. The minimum atomic E-state index is 0.899. The molecule has 0 spiro atoms. The van der Waals surface area contributed by atoms with E-state index in [-0.39, 0.29) is 0 Å². The first kappa shape index (κ1) is 7.77. The molecule has 0 atom stereocenters. The van der Waals surface area contributed by atoms with Gasteiger partial charge in [-0.2, -0.15) is 0 Å². The summed E-state index contributed by atoms with van der Waals surface area (Å²) in [5.74, 6) is 5.78. The molecule has 12 heavy (non-hydrogen) atoms. The van der Waals surface area contributed by atoms with E-state index in [1.54, 1.807) is 0 Å². The fraction of sp³-hybridized carbons (Fsp3) is 0.400. The highest BCUT2D eigenvalue weighted by Gasteiger charge is 2.09. The monoisotopic (exact) mass is 162 g/mol. The van der Waals surface area contributed by atoms with E-state index < -0.39 is 0 Å². The van der Waals surface area contributed by atoms with Crippen molar-refractivity contribution in [3.05, 3.63) is 35.4 Å². The van der Waals surface area contributed by atoms with Crippen molar-refractivity contribution in [1.29, 1.82) is 0 Å². The molecule has 0 amide bonds. The van der Waals surface area contributed by atoms with Crippen LogP contribution in [0.5, 0.6) is 0 Å². The van der Waals surface area contributed by atoms with Crippen LogP contribution in [-0.4, -0.2) is 11.6 Å². The zero-order chi connectivity index (χ0) is 8.39. The predicted molar refractivity (Wildman–Crippen MR) is 49.4 cm³/mol. The Hall–Kier alpha value is -0.860. The highest BCUT2D eigenvalue weighted by Crippen LogP contribution is 2.15. The van der Waals surface area contributed by atoms with E-state index in [0.29, 0.717) is 0 Å². The quantitative estimate of drug-likeness (QED) is 0.583. The lowest BCUT2D eigenvalue weighted by Gasteiger charge is -2.12. The molecule has 1 heterocycles. The van der Waals surface area contributed by atoms with Crippen molar-refractivity contribution < 1.29 is 0 Å². The second-order valence-corrected chi connectivity index (χ2v) is 3.34. The summed E-state index contributed by atoms with van der Waals surface area (Å²) in [7, 11) is 0. The third-order valence-electron chi connectivity index (χ3n) is 2.38. The number of hydrazine groups is 1. The van der Waals surface area contributed by atoms with E-state index in [1.165, 1.54) is 24.0 Å². The normalized spacial score (nSPS) is 18.4. The van der Waals surface area contributed by atoms with Crippen LogP contribution in [0.25, 0.3) is 0 Å². The average molecular weight is 162 g/mol. The molecule has 0 saturated heterocycles. The molecule has 1 aromatic carbocycles. The smallest absolute Gasteiger partial charge is 0.0382 e. The standard InChI is InChI=1S/C10H14N2/c11-12-7-3-6-9-4-1-2-5-10(9)8-12/h1-2,4-5H,3,6-8,11H2. The van der Waals surface area contributed by atoms with Gasteiger partial charge in [-0.15, -0.1) is 0 Å². The molecular weight excluding hydrogens is 148 g/mol. The third-order valence-corrected chi connectivity index (χ3v) is 2.38. The lowest BCUT2D eigenvalue weighted by atomic mass is 10.0. The number of benzene rings is 1. The molecule has 0 radical (unpaired) electrons. The van der Waals surface area contributed by atoms with Crippen LogP contribution in [0.15, 0.2) is 24.3 Å². The van der Waals surface area contributed by atoms with Crippen molar-refractivity contribution in [2.75, 3.05) is 6.54 Å². The molecular formula is C10H14N2. The van der Waals surface area contributed by atoms with E-state index in [9.17, 15) is 0 Å². The number of fused-ring (bicyclic) bond motifs is 1. The van der Waals surface area contributed by atoms with Gasteiger partial charge in [-0.3, -0.25) is 5.84 Å². The van der Waals surface area contributed by atoms with Crippen molar-refractivity contribution in [3.8, 4) is 0 Å². The van der Waals surface area contributed by atoms with Gasteiger partial charge >= 0.3 is 0 Å². The Kier molecular flexibility index (Phi) is 2.11. The second-order valence-electron chi connectivity index (χ2n) is 3.34. The topological polar surface area (TPSA) is 29.3 Å². The van der Waals surface area contributed by atoms with Crippen LogP contribution in [0, 0.1) is 0 Å². The second kappa shape index (κ2) is 3.25. The van der Waals surface area contributed by atoms with E-state index in [4.69, 9.17) is 5.84 Å². The summed E-state index contributed by atoms with van der Waals surface area (Å²) in [5, 5.41) is 1.89. The number of nitrogens with zero attached hydrogens (tertiary/aromatic N) is 1. The van der Waals surface area contributed by atoms with Gasteiger partial charge in [0.25, 0.3) is 0 Å². The Morgan fingerprint density at radius 3 is 2.75 bits per heavy atom. The molecule has 0 aromatic heterocycles. The van der Waals surface area contributed by atoms with Crippen LogP contribution < -0.4 is 5.84 Å². The summed E-state index contributed by atoms with van der Waals surface area (Å²) in [5.41, 5.74) is 2.85. The Balaban J connectivity index is 2.31. The average Bonchev–Trinajstić information content (AvgIpc) is 2.25. The van der Waals surface area contributed by atoms with Gasteiger partial charge in [0.2, 0.25) is 0 Å². The first-order chi connectivity index (χ1) is 5.86. The van der Waals surface area contributed by atoms with Gasteiger partial charge in [-0.1, -0.05) is 24.3 Å². The summed E-state index contributed by atoms with van der Waals surface area (Å²) in [6.07, 6.45) is 2.34. The molecule has 0 bridgehead atoms. The molecule has 0 aliphatic carbocycles. The molecule has 2 N–H and O–H groups in total. The lowest BCUT2D eigenvalue weighted by Crippen LogP contribution is -2.30. The van der Waals surface area contributed by atoms with Crippen LogP contribution in [0.2, 0.25) is 0 Å². The van der Waals surface area contributed by atoms with E-state index in [0.717, 1.165) is 13.1 Å². The summed E-state index contributed by atoms with van der Waals surface area (Å²) in [4.78, 5) is 0. The number of aryl methyl sites for hydroxylation is 1.